The van der Waals surface area contributed by atoms with Gasteiger partial charge in [0.2, 0.25) is 12.2 Å². The quantitative estimate of drug-likeness (QED) is 0.0913. The highest BCUT2D eigenvalue weighted by atomic mass is 32.2. The molecule has 0 saturated heterocycles. The van der Waals surface area contributed by atoms with Gasteiger partial charge in [0.25, 0.3) is 15.9 Å². The molecule has 0 aliphatic carbocycles. The molecule has 0 radical (unpaired) electrons. The molecule has 1 aromatic carbocycles. The molecule has 0 spiro atoms. The summed E-state index contributed by atoms with van der Waals surface area (Å²) in [5.74, 6) is -2.67. The number of benzene rings is 1. The number of nitro groups is 1. The Morgan fingerprint density at radius 2 is 1.40 bits per heavy atom. The Kier molecular flexibility index (Phi) is 12.9. The van der Waals surface area contributed by atoms with E-state index in [1.54, 1.807) is 0 Å². The first-order valence-electron chi connectivity index (χ1n) is 11.7. The number of hydrogen-bond acceptors (Lipinski definition) is 16. The van der Waals surface area contributed by atoms with E-state index in [1.165, 1.54) is 27.7 Å². The third-order valence-electron chi connectivity index (χ3n) is 4.99. The van der Waals surface area contributed by atoms with Gasteiger partial charge in [0.1, 0.15) is 25.0 Å². The molecule has 0 heterocycles. The molecule has 0 bridgehead atoms. The molecule has 0 fully saturated rings. The fourth-order valence-corrected chi connectivity index (χ4v) is 3.58. The number of thioether (sulfide) groups is 1. The van der Waals surface area contributed by atoms with Crippen LogP contribution in [0.2, 0.25) is 0 Å². The molecular weight excluding hydrogens is 592 g/mol. The normalized spacial score (nSPS) is 12.6. The van der Waals surface area contributed by atoms with Gasteiger partial charge >= 0.3 is 12.1 Å². The van der Waals surface area contributed by atoms with E-state index in [-0.39, 0.29) is 11.4 Å². The number of carbonyl (C=O) groups excluding carboxylic acids is 4. The van der Waals surface area contributed by atoms with Gasteiger partial charge in [0.15, 0.2) is 5.12 Å². The van der Waals surface area contributed by atoms with Crippen molar-refractivity contribution in [1.82, 2.24) is 5.32 Å². The van der Waals surface area contributed by atoms with Crippen LogP contribution < -0.4 is 10.1 Å². The van der Waals surface area contributed by atoms with Crippen LogP contribution in [0.1, 0.15) is 34.6 Å². The van der Waals surface area contributed by atoms with Crippen molar-refractivity contribution in [3.63, 3.8) is 0 Å². The second kappa shape index (κ2) is 15.3. The zero-order chi connectivity index (χ0) is 32.3. The summed E-state index contributed by atoms with van der Waals surface area (Å²) in [5, 5.41) is 31.2. The topological polar surface area (TPSA) is 256 Å². The maximum Gasteiger partial charge on any atom is 0.516 e. The molecule has 42 heavy (non-hydrogen) atoms. The molecule has 232 valence electrons. The monoisotopic (exact) mass is 620 g/mol. The lowest BCUT2D eigenvalue weighted by Crippen LogP contribution is -2.50. The number of nitrogens with one attached hydrogen (secondary N) is 1. The molecule has 0 aliphatic heterocycles. The Morgan fingerprint density at radius 1 is 0.881 bits per heavy atom. The van der Waals surface area contributed by atoms with Crippen molar-refractivity contribution in [1.29, 1.82) is 0 Å². The van der Waals surface area contributed by atoms with E-state index in [0.29, 0.717) is 11.8 Å². The molecule has 19 nitrogen and oxygen atoms in total. The molecule has 20 heteroatoms. The Balaban J connectivity index is 2.94. The van der Waals surface area contributed by atoms with E-state index >= 15 is 0 Å². The van der Waals surface area contributed by atoms with Crippen LogP contribution in [-0.2, 0) is 33.5 Å². The minimum absolute atomic E-state index is 0.118. The summed E-state index contributed by atoms with van der Waals surface area (Å²) in [4.78, 5) is 89.9. The van der Waals surface area contributed by atoms with Crippen molar-refractivity contribution in [2.45, 2.75) is 47.0 Å². The van der Waals surface area contributed by atoms with E-state index in [9.17, 15) is 49.5 Å². The van der Waals surface area contributed by atoms with Crippen LogP contribution in [0.25, 0.3) is 0 Å². The van der Waals surface area contributed by atoms with Crippen molar-refractivity contribution in [3.05, 3.63) is 54.6 Å². The van der Waals surface area contributed by atoms with Crippen LogP contribution >= 0.6 is 11.8 Å². The number of ether oxygens (including phenoxy) is 3. The number of nitro benzene ring substituents is 1. The molecular formula is C22H28N4O15S. The maximum absolute atomic E-state index is 12.9. The fraction of sp³-hybridized carbons (Fsp3) is 0.545. The lowest BCUT2D eigenvalue weighted by Gasteiger charge is -2.27. The molecule has 2 unspecified atom stereocenters. The highest BCUT2D eigenvalue weighted by Crippen LogP contribution is 2.26. The van der Waals surface area contributed by atoms with Crippen LogP contribution in [0, 0.1) is 41.2 Å². The summed E-state index contributed by atoms with van der Waals surface area (Å²) in [5.41, 5.74) is -3.17. The first-order chi connectivity index (χ1) is 19.3. The highest BCUT2D eigenvalue weighted by Gasteiger charge is 2.36. The first-order valence-corrected chi connectivity index (χ1v) is 12.7. The predicted octanol–water partition coefficient (Wildman–Crippen LogP) is 2.21. The van der Waals surface area contributed by atoms with Gasteiger partial charge in [-0.05, 0) is 26.0 Å². The van der Waals surface area contributed by atoms with Gasteiger partial charge in [0, 0.05) is 24.8 Å². The summed E-state index contributed by atoms with van der Waals surface area (Å²) >= 11 is 0.511. The number of non-ortho nitro benzene ring substituents is 1. The Morgan fingerprint density at radius 3 is 1.90 bits per heavy atom. The lowest BCUT2D eigenvalue weighted by atomic mass is 9.93. The van der Waals surface area contributed by atoms with E-state index in [1.807, 2.05) is 0 Å². The molecule has 1 aromatic rings. The van der Waals surface area contributed by atoms with Crippen LogP contribution in [0.3, 0.4) is 0 Å². The number of rotatable bonds is 16. The maximum atomic E-state index is 12.9. The van der Waals surface area contributed by atoms with Crippen molar-refractivity contribution < 1.29 is 58.2 Å². The minimum atomic E-state index is -1.60. The van der Waals surface area contributed by atoms with Gasteiger partial charge in [-0.15, -0.1) is 20.2 Å². The first kappa shape index (κ1) is 35.3. The van der Waals surface area contributed by atoms with Gasteiger partial charge in [-0.2, -0.15) is 0 Å². The van der Waals surface area contributed by atoms with Crippen molar-refractivity contribution in [3.8, 4) is 5.75 Å². The molecule has 1 N–H and O–H groups in total. The largest absolute Gasteiger partial charge is 0.516 e. The van der Waals surface area contributed by atoms with E-state index < -0.39 is 80.4 Å². The number of amides is 1. The smallest absolute Gasteiger partial charge is 0.424 e. The third-order valence-corrected chi connectivity index (χ3v) is 6.31. The van der Waals surface area contributed by atoms with Crippen molar-refractivity contribution >= 4 is 40.6 Å². The number of nitrogens with zero attached hydrogens (tertiary/aromatic N) is 3. The number of hydrogen-bond donors (Lipinski definition) is 1. The fourth-order valence-electron chi connectivity index (χ4n) is 2.59. The standard InChI is InChI=1S/C22H28N4O15S/c1-13(40-20(30)41-15-8-6-14(7-9-15)24(31)32)39-17(27)16(23-18(28)21(2,3)11-37-25(33)34)10-42-19(29)22(4,5)12-38-26(35)36/h6-9,13,16H,10-12H2,1-5H3,(H,23,28). The Hall–Kier alpha value is -4.75. The van der Waals surface area contributed by atoms with E-state index in [2.05, 4.69) is 15.0 Å². The van der Waals surface area contributed by atoms with Crippen LogP contribution in [0.4, 0.5) is 10.5 Å². The predicted molar refractivity (Wildman–Crippen MR) is 139 cm³/mol. The molecule has 1 amide bonds. The van der Waals surface area contributed by atoms with Gasteiger partial charge in [-0.25, -0.2) is 9.59 Å². The summed E-state index contributed by atoms with van der Waals surface area (Å²) < 4.78 is 14.7. The van der Waals surface area contributed by atoms with Crippen LogP contribution in [0.15, 0.2) is 24.3 Å². The van der Waals surface area contributed by atoms with Crippen molar-refractivity contribution in [2.75, 3.05) is 19.0 Å². The summed E-state index contributed by atoms with van der Waals surface area (Å²) in [6.07, 6.45) is -2.95. The van der Waals surface area contributed by atoms with Gasteiger partial charge in [-0.3, -0.25) is 19.7 Å². The Labute approximate surface area is 241 Å². The zero-order valence-corrected chi connectivity index (χ0v) is 23.8. The molecule has 0 aliphatic rings. The molecule has 0 saturated carbocycles. The zero-order valence-electron chi connectivity index (χ0n) is 23.0. The lowest BCUT2D eigenvalue weighted by molar-refractivity contribution is -0.760. The summed E-state index contributed by atoms with van der Waals surface area (Å²) in [6.45, 7) is 5.11. The molecule has 0 aromatic heterocycles. The molecule has 1 rings (SSSR count). The van der Waals surface area contributed by atoms with Gasteiger partial charge < -0.3 is 29.2 Å². The number of esters is 1. The second-order valence-corrected chi connectivity index (χ2v) is 10.6. The van der Waals surface area contributed by atoms with Crippen LogP contribution in [-0.4, -0.2) is 69.5 Å². The van der Waals surface area contributed by atoms with Crippen LogP contribution in [0.5, 0.6) is 5.75 Å². The van der Waals surface area contributed by atoms with Gasteiger partial charge in [0.05, 0.1) is 15.8 Å². The van der Waals surface area contributed by atoms with E-state index in [4.69, 9.17) is 14.2 Å². The van der Waals surface area contributed by atoms with E-state index in [0.717, 1.165) is 31.2 Å². The highest BCUT2D eigenvalue weighted by molar-refractivity contribution is 8.13. The number of carbonyl (C=O) groups is 4. The Bertz CT molecular complexity index is 1190. The molecule has 2 atom stereocenters. The average Bonchev–Trinajstić information content (AvgIpc) is 2.88. The SMILES string of the molecule is CC(OC(=O)Oc1ccc([N+](=O)[O-])cc1)OC(=O)C(CSC(=O)C(C)(C)CO[N+](=O)[O-])NC(=O)C(C)(C)CO[N+](=O)[O-]. The summed E-state index contributed by atoms with van der Waals surface area (Å²) in [7, 11) is 0. The summed E-state index contributed by atoms with van der Waals surface area (Å²) in [6, 6.07) is 2.81. The second-order valence-electron chi connectivity index (χ2n) is 9.61. The minimum Gasteiger partial charge on any atom is -0.424 e. The van der Waals surface area contributed by atoms with Gasteiger partial charge in [-0.1, -0.05) is 25.6 Å². The average molecular weight is 621 g/mol. The third kappa shape index (κ3) is 12.2. The van der Waals surface area contributed by atoms with Crippen molar-refractivity contribution in [2.24, 2.45) is 10.8 Å².